The average molecular weight is 256 g/mol. The van der Waals surface area contributed by atoms with Gasteiger partial charge in [-0.2, -0.15) is 0 Å². The summed E-state index contributed by atoms with van der Waals surface area (Å²) < 4.78 is 10.7. The standard InChI is InChI=1S/C13H24N2O3/c1-13(2,15-5-8-17-9-6-15)12(16)14-11-4-3-7-18-10-11/h11H,3-10H2,1-2H3,(H,14,16)/t11-/m1/s1. The van der Waals surface area contributed by atoms with Crippen molar-refractivity contribution in [1.82, 2.24) is 10.2 Å². The van der Waals surface area contributed by atoms with E-state index in [-0.39, 0.29) is 11.9 Å². The molecular formula is C13H24N2O3. The molecule has 0 unspecified atom stereocenters. The van der Waals surface area contributed by atoms with E-state index in [9.17, 15) is 4.79 Å². The molecule has 2 fully saturated rings. The number of carbonyl (C=O) groups excluding carboxylic acids is 1. The van der Waals surface area contributed by atoms with Crippen LogP contribution in [0.15, 0.2) is 0 Å². The van der Waals surface area contributed by atoms with Crippen LogP contribution in [0.5, 0.6) is 0 Å². The number of hydrogen-bond acceptors (Lipinski definition) is 4. The van der Waals surface area contributed by atoms with Crippen molar-refractivity contribution >= 4 is 5.91 Å². The molecule has 0 aromatic carbocycles. The van der Waals surface area contributed by atoms with Gasteiger partial charge in [-0.25, -0.2) is 0 Å². The monoisotopic (exact) mass is 256 g/mol. The quantitative estimate of drug-likeness (QED) is 0.794. The number of morpholine rings is 1. The Morgan fingerprint density at radius 1 is 1.22 bits per heavy atom. The highest BCUT2D eigenvalue weighted by atomic mass is 16.5. The molecule has 1 amide bonds. The van der Waals surface area contributed by atoms with Gasteiger partial charge in [0.25, 0.3) is 0 Å². The Hall–Kier alpha value is -0.650. The first-order valence-corrected chi connectivity index (χ1v) is 6.82. The molecule has 2 saturated heterocycles. The lowest BCUT2D eigenvalue weighted by atomic mass is 9.99. The van der Waals surface area contributed by atoms with Crippen LogP contribution in [-0.2, 0) is 14.3 Å². The molecule has 0 aromatic heterocycles. The smallest absolute Gasteiger partial charge is 0.240 e. The van der Waals surface area contributed by atoms with Gasteiger partial charge < -0.3 is 14.8 Å². The van der Waals surface area contributed by atoms with E-state index in [1.807, 2.05) is 13.8 Å². The van der Waals surface area contributed by atoms with Gasteiger partial charge in [0.1, 0.15) is 0 Å². The van der Waals surface area contributed by atoms with Gasteiger partial charge in [0.2, 0.25) is 5.91 Å². The zero-order valence-electron chi connectivity index (χ0n) is 11.4. The first-order valence-electron chi connectivity index (χ1n) is 6.82. The fourth-order valence-electron chi connectivity index (χ4n) is 2.48. The lowest BCUT2D eigenvalue weighted by molar-refractivity contribution is -0.136. The van der Waals surface area contributed by atoms with Crippen molar-refractivity contribution in [3.05, 3.63) is 0 Å². The van der Waals surface area contributed by atoms with E-state index >= 15 is 0 Å². The average Bonchev–Trinajstić information content (AvgIpc) is 2.41. The van der Waals surface area contributed by atoms with Crippen LogP contribution in [0.2, 0.25) is 0 Å². The van der Waals surface area contributed by atoms with Crippen molar-refractivity contribution in [2.75, 3.05) is 39.5 Å². The van der Waals surface area contributed by atoms with Gasteiger partial charge in [-0.3, -0.25) is 9.69 Å². The first kappa shape index (κ1) is 13.8. The summed E-state index contributed by atoms with van der Waals surface area (Å²) in [6.07, 6.45) is 2.05. The second-order valence-corrected chi connectivity index (χ2v) is 5.55. The Morgan fingerprint density at radius 2 is 1.94 bits per heavy atom. The minimum Gasteiger partial charge on any atom is -0.379 e. The van der Waals surface area contributed by atoms with Crippen LogP contribution in [-0.4, -0.2) is 61.9 Å². The minimum atomic E-state index is -0.471. The molecule has 1 N–H and O–H groups in total. The molecule has 0 radical (unpaired) electrons. The second kappa shape index (κ2) is 5.99. The Bertz CT molecular complexity index is 282. The summed E-state index contributed by atoms with van der Waals surface area (Å²) in [5.74, 6) is 0.0971. The molecule has 0 aromatic rings. The number of carbonyl (C=O) groups is 1. The largest absolute Gasteiger partial charge is 0.379 e. The maximum absolute atomic E-state index is 12.4. The molecule has 5 heteroatoms. The number of nitrogens with one attached hydrogen (secondary N) is 1. The predicted octanol–water partition coefficient (Wildman–Crippen LogP) is 0.392. The lowest BCUT2D eigenvalue weighted by Gasteiger charge is -2.40. The van der Waals surface area contributed by atoms with Crippen molar-refractivity contribution in [2.24, 2.45) is 0 Å². The van der Waals surface area contributed by atoms with Crippen LogP contribution < -0.4 is 5.32 Å². The van der Waals surface area contributed by atoms with Crippen molar-refractivity contribution < 1.29 is 14.3 Å². The van der Waals surface area contributed by atoms with Gasteiger partial charge in [-0.15, -0.1) is 0 Å². The van der Waals surface area contributed by atoms with Crippen molar-refractivity contribution in [2.45, 2.75) is 38.3 Å². The number of ether oxygens (including phenoxy) is 2. The zero-order valence-corrected chi connectivity index (χ0v) is 11.4. The number of amides is 1. The van der Waals surface area contributed by atoms with E-state index in [1.54, 1.807) is 0 Å². The molecule has 0 bridgehead atoms. The fourth-order valence-corrected chi connectivity index (χ4v) is 2.48. The van der Waals surface area contributed by atoms with Crippen LogP contribution in [0.3, 0.4) is 0 Å². The Kier molecular flexibility index (Phi) is 4.59. The third kappa shape index (κ3) is 3.22. The predicted molar refractivity (Wildman–Crippen MR) is 68.5 cm³/mol. The Balaban J connectivity index is 1.88. The summed E-state index contributed by atoms with van der Waals surface area (Å²) in [7, 11) is 0. The molecule has 0 saturated carbocycles. The summed E-state index contributed by atoms with van der Waals surface area (Å²) in [5, 5.41) is 3.11. The van der Waals surface area contributed by atoms with E-state index in [0.29, 0.717) is 19.8 Å². The maximum Gasteiger partial charge on any atom is 0.240 e. The summed E-state index contributed by atoms with van der Waals surface area (Å²) >= 11 is 0. The Labute approximate surface area is 109 Å². The van der Waals surface area contributed by atoms with Gasteiger partial charge in [-0.05, 0) is 26.7 Å². The Morgan fingerprint density at radius 3 is 2.56 bits per heavy atom. The number of hydrogen-bond donors (Lipinski definition) is 1. The molecule has 2 aliphatic rings. The second-order valence-electron chi connectivity index (χ2n) is 5.55. The third-order valence-corrected chi connectivity index (χ3v) is 3.85. The van der Waals surface area contributed by atoms with Gasteiger partial charge in [0.05, 0.1) is 31.4 Å². The van der Waals surface area contributed by atoms with Crippen LogP contribution in [0.1, 0.15) is 26.7 Å². The normalized spacial score (nSPS) is 26.9. The van der Waals surface area contributed by atoms with Crippen molar-refractivity contribution in [3.63, 3.8) is 0 Å². The van der Waals surface area contributed by atoms with Crippen LogP contribution in [0.4, 0.5) is 0 Å². The number of rotatable bonds is 3. The van der Waals surface area contributed by atoms with Gasteiger partial charge in [0.15, 0.2) is 0 Å². The van der Waals surface area contributed by atoms with Gasteiger partial charge in [-0.1, -0.05) is 0 Å². The minimum absolute atomic E-state index is 0.0971. The summed E-state index contributed by atoms with van der Waals surface area (Å²) in [4.78, 5) is 14.6. The van der Waals surface area contributed by atoms with Crippen molar-refractivity contribution in [1.29, 1.82) is 0 Å². The molecule has 18 heavy (non-hydrogen) atoms. The molecule has 1 atom stereocenters. The SMILES string of the molecule is CC(C)(C(=O)N[C@@H]1CCCOC1)N1CCOCC1. The van der Waals surface area contributed by atoms with Crippen LogP contribution in [0.25, 0.3) is 0 Å². The van der Waals surface area contributed by atoms with E-state index in [2.05, 4.69) is 10.2 Å². The van der Waals surface area contributed by atoms with Crippen LogP contribution in [0, 0.1) is 0 Å². The topological polar surface area (TPSA) is 50.8 Å². The molecule has 5 nitrogen and oxygen atoms in total. The van der Waals surface area contributed by atoms with Crippen molar-refractivity contribution in [3.8, 4) is 0 Å². The number of nitrogens with zero attached hydrogens (tertiary/aromatic N) is 1. The molecule has 104 valence electrons. The molecule has 0 spiro atoms. The first-order chi connectivity index (χ1) is 8.60. The van der Waals surface area contributed by atoms with E-state index in [0.717, 1.165) is 32.5 Å². The summed E-state index contributed by atoms with van der Waals surface area (Å²) in [6, 6.07) is 0.173. The maximum atomic E-state index is 12.4. The molecular weight excluding hydrogens is 232 g/mol. The third-order valence-electron chi connectivity index (χ3n) is 3.85. The molecule has 0 aliphatic carbocycles. The molecule has 2 heterocycles. The van der Waals surface area contributed by atoms with Crippen LogP contribution >= 0.6 is 0 Å². The van der Waals surface area contributed by atoms with Gasteiger partial charge in [0, 0.05) is 19.7 Å². The van der Waals surface area contributed by atoms with E-state index in [4.69, 9.17) is 9.47 Å². The molecule has 2 aliphatic heterocycles. The van der Waals surface area contributed by atoms with E-state index < -0.39 is 5.54 Å². The highest BCUT2D eigenvalue weighted by molar-refractivity contribution is 5.85. The lowest BCUT2D eigenvalue weighted by Crippen LogP contribution is -2.60. The summed E-state index contributed by atoms with van der Waals surface area (Å²) in [6.45, 7) is 8.49. The zero-order chi connectivity index (χ0) is 13.0. The summed E-state index contributed by atoms with van der Waals surface area (Å²) in [5.41, 5.74) is -0.471. The highest BCUT2D eigenvalue weighted by Gasteiger charge is 2.36. The highest BCUT2D eigenvalue weighted by Crippen LogP contribution is 2.17. The fraction of sp³-hybridized carbons (Fsp3) is 0.923. The van der Waals surface area contributed by atoms with E-state index in [1.165, 1.54) is 0 Å². The van der Waals surface area contributed by atoms with Gasteiger partial charge >= 0.3 is 0 Å². The molecule has 2 rings (SSSR count).